The van der Waals surface area contributed by atoms with Crippen LogP contribution in [0.25, 0.3) is 11.3 Å². The number of aromatic amines is 1. The highest BCUT2D eigenvalue weighted by Crippen LogP contribution is 2.28. The van der Waals surface area contributed by atoms with E-state index in [0.29, 0.717) is 5.69 Å². The molecule has 2 rings (SSSR count). The maximum Gasteiger partial charge on any atom is 0.353 e. The van der Waals surface area contributed by atoms with Crippen LogP contribution in [0, 0.1) is 6.92 Å². The van der Waals surface area contributed by atoms with E-state index in [0.717, 1.165) is 11.1 Å². The van der Waals surface area contributed by atoms with Crippen LogP contribution in [0.3, 0.4) is 0 Å². The highest BCUT2D eigenvalue weighted by atomic mass is 16.4. The number of nitrogens with one attached hydrogen (secondary N) is 1. The van der Waals surface area contributed by atoms with E-state index in [2.05, 4.69) is 43.1 Å². The summed E-state index contributed by atoms with van der Waals surface area (Å²) >= 11 is 0. The van der Waals surface area contributed by atoms with Crippen LogP contribution in [0.1, 0.15) is 42.4 Å². The average Bonchev–Trinajstić information content (AvgIpc) is 2.76. The standard InChI is InChI=1S/C15H18N2O2/c1-9-7-10(15(2,3)4)5-6-11(9)12-8-13(14(18)19)17-16-12/h5-8H,1-4H3,(H,16,17)(H,18,19). The normalized spacial score (nSPS) is 11.6. The first-order chi connectivity index (χ1) is 8.79. The Balaban J connectivity index is 2.43. The van der Waals surface area contributed by atoms with Crippen LogP contribution in [0.5, 0.6) is 0 Å². The molecule has 0 aliphatic carbocycles. The second-order valence-electron chi connectivity index (χ2n) is 5.75. The van der Waals surface area contributed by atoms with Gasteiger partial charge in [0.2, 0.25) is 0 Å². The number of hydrogen-bond donors (Lipinski definition) is 2. The molecule has 0 spiro atoms. The summed E-state index contributed by atoms with van der Waals surface area (Å²) in [4.78, 5) is 10.8. The molecule has 100 valence electrons. The number of hydrogen-bond acceptors (Lipinski definition) is 2. The molecule has 0 fully saturated rings. The van der Waals surface area contributed by atoms with Crippen molar-refractivity contribution in [1.29, 1.82) is 0 Å². The van der Waals surface area contributed by atoms with Crippen molar-refractivity contribution in [3.05, 3.63) is 41.1 Å². The fourth-order valence-electron chi connectivity index (χ4n) is 1.99. The molecule has 1 heterocycles. The predicted octanol–water partition coefficient (Wildman–Crippen LogP) is 3.38. The van der Waals surface area contributed by atoms with Crippen LogP contribution in [0.2, 0.25) is 0 Å². The Hall–Kier alpha value is -2.10. The number of aryl methyl sites for hydroxylation is 1. The van der Waals surface area contributed by atoms with Gasteiger partial charge < -0.3 is 5.11 Å². The van der Waals surface area contributed by atoms with Crippen LogP contribution in [-0.4, -0.2) is 21.3 Å². The van der Waals surface area contributed by atoms with E-state index < -0.39 is 5.97 Å². The third-order valence-corrected chi connectivity index (χ3v) is 3.18. The first kappa shape index (κ1) is 13.3. The van der Waals surface area contributed by atoms with Gasteiger partial charge in [-0.15, -0.1) is 0 Å². The van der Waals surface area contributed by atoms with Gasteiger partial charge in [0.25, 0.3) is 0 Å². The fourth-order valence-corrected chi connectivity index (χ4v) is 1.99. The molecule has 4 nitrogen and oxygen atoms in total. The third-order valence-electron chi connectivity index (χ3n) is 3.18. The van der Waals surface area contributed by atoms with Gasteiger partial charge in [0.1, 0.15) is 5.69 Å². The SMILES string of the molecule is Cc1cc(C(C)(C)C)ccc1-c1cc(C(=O)O)[nH]n1. The number of carboxylic acids is 1. The van der Waals surface area contributed by atoms with Gasteiger partial charge in [0.15, 0.2) is 0 Å². The van der Waals surface area contributed by atoms with Gasteiger partial charge in [-0.1, -0.05) is 39.0 Å². The van der Waals surface area contributed by atoms with Crippen molar-refractivity contribution in [2.45, 2.75) is 33.1 Å². The van der Waals surface area contributed by atoms with Crippen LogP contribution < -0.4 is 0 Å². The molecule has 1 aromatic carbocycles. The zero-order chi connectivity index (χ0) is 14.2. The third kappa shape index (κ3) is 2.67. The quantitative estimate of drug-likeness (QED) is 0.867. The lowest BCUT2D eigenvalue weighted by atomic mass is 9.85. The van der Waals surface area contributed by atoms with Gasteiger partial charge in [-0.2, -0.15) is 5.10 Å². The summed E-state index contributed by atoms with van der Waals surface area (Å²) in [5.74, 6) is -0.997. The number of rotatable bonds is 2. The van der Waals surface area contributed by atoms with E-state index in [4.69, 9.17) is 5.11 Å². The Morgan fingerprint density at radius 2 is 1.95 bits per heavy atom. The van der Waals surface area contributed by atoms with Crippen LogP contribution in [0.15, 0.2) is 24.3 Å². The van der Waals surface area contributed by atoms with Crippen molar-refractivity contribution < 1.29 is 9.90 Å². The predicted molar refractivity (Wildman–Crippen MR) is 74.4 cm³/mol. The number of carbonyl (C=O) groups is 1. The zero-order valence-corrected chi connectivity index (χ0v) is 11.6. The summed E-state index contributed by atoms with van der Waals surface area (Å²) in [7, 11) is 0. The topological polar surface area (TPSA) is 66.0 Å². The van der Waals surface area contributed by atoms with Crippen molar-refractivity contribution >= 4 is 5.97 Å². The van der Waals surface area contributed by atoms with Crippen molar-refractivity contribution in [1.82, 2.24) is 10.2 Å². The van der Waals surface area contributed by atoms with E-state index >= 15 is 0 Å². The lowest BCUT2D eigenvalue weighted by Gasteiger charge is -2.20. The van der Waals surface area contributed by atoms with Crippen LogP contribution >= 0.6 is 0 Å². The molecule has 0 saturated carbocycles. The largest absolute Gasteiger partial charge is 0.477 e. The maximum atomic E-state index is 10.8. The molecular weight excluding hydrogens is 240 g/mol. The molecule has 0 aliphatic heterocycles. The van der Waals surface area contributed by atoms with Gasteiger partial charge in [-0.05, 0) is 29.5 Å². The lowest BCUT2D eigenvalue weighted by molar-refractivity contribution is 0.0690. The Morgan fingerprint density at radius 1 is 1.26 bits per heavy atom. The molecule has 0 atom stereocenters. The van der Waals surface area contributed by atoms with E-state index in [1.807, 2.05) is 13.0 Å². The van der Waals surface area contributed by atoms with Crippen LogP contribution in [0.4, 0.5) is 0 Å². The molecule has 2 N–H and O–H groups in total. The Labute approximate surface area is 112 Å². The van der Waals surface area contributed by atoms with Crippen molar-refractivity contribution in [2.75, 3.05) is 0 Å². The molecule has 0 bridgehead atoms. The van der Waals surface area contributed by atoms with Gasteiger partial charge in [-0.3, -0.25) is 5.10 Å². The highest BCUT2D eigenvalue weighted by Gasteiger charge is 2.16. The molecule has 2 aromatic rings. The van der Waals surface area contributed by atoms with Gasteiger partial charge in [0.05, 0.1) is 5.69 Å². The minimum atomic E-state index is -0.997. The summed E-state index contributed by atoms with van der Waals surface area (Å²) in [5.41, 5.74) is 4.17. The lowest BCUT2D eigenvalue weighted by Crippen LogP contribution is -2.11. The molecule has 0 saturated heterocycles. The Morgan fingerprint density at radius 3 is 2.42 bits per heavy atom. The molecule has 0 amide bonds. The van der Waals surface area contributed by atoms with Crippen LogP contribution in [-0.2, 0) is 5.41 Å². The van der Waals surface area contributed by atoms with Crippen molar-refractivity contribution in [2.24, 2.45) is 0 Å². The Kier molecular flexibility index (Phi) is 3.18. The van der Waals surface area contributed by atoms with E-state index in [-0.39, 0.29) is 11.1 Å². The second kappa shape index (κ2) is 4.53. The molecular formula is C15H18N2O2. The van der Waals surface area contributed by atoms with Gasteiger partial charge in [-0.25, -0.2) is 4.79 Å². The summed E-state index contributed by atoms with van der Waals surface area (Å²) in [6.45, 7) is 8.51. The van der Waals surface area contributed by atoms with E-state index in [1.165, 1.54) is 5.56 Å². The number of benzene rings is 1. The second-order valence-corrected chi connectivity index (χ2v) is 5.75. The minimum absolute atomic E-state index is 0.0983. The van der Waals surface area contributed by atoms with E-state index in [1.54, 1.807) is 6.07 Å². The van der Waals surface area contributed by atoms with Crippen molar-refractivity contribution in [3.63, 3.8) is 0 Å². The minimum Gasteiger partial charge on any atom is -0.477 e. The maximum absolute atomic E-state index is 10.8. The monoisotopic (exact) mass is 258 g/mol. The molecule has 19 heavy (non-hydrogen) atoms. The van der Waals surface area contributed by atoms with Gasteiger partial charge >= 0.3 is 5.97 Å². The van der Waals surface area contributed by atoms with E-state index in [9.17, 15) is 4.79 Å². The summed E-state index contributed by atoms with van der Waals surface area (Å²) in [6.07, 6.45) is 0. The molecule has 1 aromatic heterocycles. The average molecular weight is 258 g/mol. The van der Waals surface area contributed by atoms with Gasteiger partial charge in [0, 0.05) is 5.56 Å². The fraction of sp³-hybridized carbons (Fsp3) is 0.333. The summed E-state index contributed by atoms with van der Waals surface area (Å²) in [6, 6.07) is 7.75. The molecule has 0 radical (unpaired) electrons. The number of aromatic nitrogens is 2. The Bertz CT molecular complexity index is 621. The number of carboxylic acid groups (broad SMARTS) is 1. The highest BCUT2D eigenvalue weighted by molar-refractivity contribution is 5.87. The molecule has 0 aliphatic rings. The summed E-state index contributed by atoms with van der Waals surface area (Å²) < 4.78 is 0. The first-order valence-electron chi connectivity index (χ1n) is 6.19. The molecule has 4 heteroatoms. The smallest absolute Gasteiger partial charge is 0.353 e. The zero-order valence-electron chi connectivity index (χ0n) is 11.6. The number of nitrogens with zero attached hydrogens (tertiary/aromatic N) is 1. The van der Waals surface area contributed by atoms with Crippen molar-refractivity contribution in [3.8, 4) is 11.3 Å². The first-order valence-corrected chi connectivity index (χ1v) is 6.19. The summed E-state index contributed by atoms with van der Waals surface area (Å²) in [5, 5.41) is 15.5. The molecule has 0 unspecified atom stereocenters. The number of H-pyrrole nitrogens is 1. The number of aromatic carboxylic acids is 1.